The quantitative estimate of drug-likeness (QED) is 0.555. The van der Waals surface area contributed by atoms with Gasteiger partial charge in [-0.05, 0) is 57.7 Å². The molecule has 1 aromatic carbocycles. The number of amides is 1. The molecule has 1 aromatic heterocycles. The Kier molecular flexibility index (Phi) is 6.01. The normalized spacial score (nSPS) is 15.5. The lowest BCUT2D eigenvalue weighted by molar-refractivity contribution is -0.142. The zero-order valence-electron chi connectivity index (χ0n) is 18.1. The Morgan fingerprint density at radius 2 is 1.83 bits per heavy atom. The van der Waals surface area contributed by atoms with Crippen LogP contribution in [0.25, 0.3) is 10.9 Å². The molecule has 2 heterocycles. The molecular weight excluding hydrogens is 384 g/mol. The molecule has 7 heteroatoms. The topological polar surface area (TPSA) is 77.8 Å². The van der Waals surface area contributed by atoms with E-state index in [0.717, 1.165) is 16.5 Å². The molecule has 0 fully saturated rings. The molecule has 0 aliphatic carbocycles. The van der Waals surface area contributed by atoms with Crippen molar-refractivity contribution < 1.29 is 23.9 Å². The summed E-state index contributed by atoms with van der Waals surface area (Å²) in [6.45, 7) is 7.76. The Labute approximate surface area is 176 Å². The van der Waals surface area contributed by atoms with Gasteiger partial charge in [-0.15, -0.1) is 0 Å². The van der Waals surface area contributed by atoms with Crippen molar-refractivity contribution in [3.05, 3.63) is 47.8 Å². The summed E-state index contributed by atoms with van der Waals surface area (Å²) in [5.74, 6) is -2.17. The second-order valence-electron chi connectivity index (χ2n) is 8.47. The Bertz CT molecular complexity index is 1010. The third-order valence-corrected chi connectivity index (χ3v) is 5.02. The average Bonchev–Trinajstić information content (AvgIpc) is 3.04. The van der Waals surface area contributed by atoms with Crippen molar-refractivity contribution in [3.8, 4) is 0 Å². The van der Waals surface area contributed by atoms with Crippen LogP contribution in [0, 0.1) is 12.8 Å². The summed E-state index contributed by atoms with van der Waals surface area (Å²) in [5.41, 5.74) is 1.58. The third-order valence-electron chi connectivity index (χ3n) is 5.02. The molecule has 0 N–H and O–H groups in total. The Morgan fingerprint density at radius 3 is 2.50 bits per heavy atom. The Hall–Kier alpha value is -3.09. The average molecular weight is 412 g/mol. The van der Waals surface area contributed by atoms with E-state index in [2.05, 4.69) is 0 Å². The molecule has 2 aromatic rings. The molecule has 3 rings (SSSR count). The van der Waals surface area contributed by atoms with Crippen molar-refractivity contribution in [2.45, 2.75) is 46.1 Å². The van der Waals surface area contributed by atoms with Crippen LogP contribution < -0.4 is 0 Å². The van der Waals surface area contributed by atoms with Gasteiger partial charge in [-0.25, -0.2) is 4.79 Å². The van der Waals surface area contributed by atoms with Crippen molar-refractivity contribution in [2.75, 3.05) is 13.7 Å². The zero-order valence-corrected chi connectivity index (χ0v) is 18.1. The molecule has 0 bridgehead atoms. The number of carbonyl (C=O) groups is 3. The second-order valence-corrected chi connectivity index (χ2v) is 8.47. The van der Waals surface area contributed by atoms with Crippen LogP contribution in [-0.2, 0) is 14.3 Å². The van der Waals surface area contributed by atoms with Crippen LogP contribution in [0.5, 0.6) is 0 Å². The van der Waals surface area contributed by atoms with E-state index in [1.54, 1.807) is 33.2 Å². The highest BCUT2D eigenvalue weighted by molar-refractivity contribution is 6.06. The summed E-state index contributed by atoms with van der Waals surface area (Å²) in [6, 6.07) is 7.54. The first-order valence-electron chi connectivity index (χ1n) is 10.0. The lowest BCUT2D eigenvalue weighted by Gasteiger charge is -2.30. The molecule has 1 unspecified atom stereocenters. The molecule has 0 saturated carbocycles. The monoisotopic (exact) mass is 412 g/mol. The summed E-state index contributed by atoms with van der Waals surface area (Å²) in [5, 5.41) is 0.947. The smallest absolute Gasteiger partial charge is 0.414 e. The first-order chi connectivity index (χ1) is 14.1. The van der Waals surface area contributed by atoms with Gasteiger partial charge in [0.15, 0.2) is 5.92 Å². The molecule has 30 heavy (non-hydrogen) atoms. The van der Waals surface area contributed by atoms with Gasteiger partial charge in [0.05, 0.1) is 12.6 Å². The highest BCUT2D eigenvalue weighted by atomic mass is 16.6. The number of nitrogens with zero attached hydrogens (tertiary/aromatic N) is 2. The van der Waals surface area contributed by atoms with Crippen LogP contribution >= 0.6 is 0 Å². The van der Waals surface area contributed by atoms with Crippen LogP contribution in [0.2, 0.25) is 0 Å². The minimum Gasteiger partial charge on any atom is -0.468 e. The number of aromatic nitrogens is 1. The number of ether oxygens (including phenoxy) is 2. The van der Waals surface area contributed by atoms with Crippen LogP contribution in [0.15, 0.2) is 42.2 Å². The molecule has 160 valence electrons. The number of hydrogen-bond acceptors (Lipinski definition) is 5. The van der Waals surface area contributed by atoms with E-state index in [-0.39, 0.29) is 0 Å². The Morgan fingerprint density at radius 1 is 1.13 bits per heavy atom. The molecule has 0 radical (unpaired) electrons. The van der Waals surface area contributed by atoms with Gasteiger partial charge in [-0.3, -0.25) is 19.1 Å². The van der Waals surface area contributed by atoms with Crippen molar-refractivity contribution >= 4 is 28.9 Å². The van der Waals surface area contributed by atoms with E-state index >= 15 is 0 Å². The predicted molar refractivity (Wildman–Crippen MR) is 113 cm³/mol. The standard InChI is InChI=1S/C23H28N2O5/c1-15-13-25(18-11-7-6-10-17(15)18)20(26)19(21(27)29-5)16-9-8-12-24(14-16)22(28)30-23(2,3)4/h6-7,10-11,13-14,19H,8-9,12H2,1-5H3. The summed E-state index contributed by atoms with van der Waals surface area (Å²) < 4.78 is 11.9. The third kappa shape index (κ3) is 4.40. The maximum Gasteiger partial charge on any atom is 0.414 e. The first kappa shape index (κ1) is 21.6. The number of esters is 1. The van der Waals surface area contributed by atoms with Crippen molar-refractivity contribution in [3.63, 3.8) is 0 Å². The fourth-order valence-corrected chi connectivity index (χ4v) is 3.67. The molecular formula is C23H28N2O5. The second kappa shape index (κ2) is 8.34. The number of rotatable bonds is 3. The number of carbonyl (C=O) groups excluding carboxylic acids is 3. The summed E-state index contributed by atoms with van der Waals surface area (Å²) in [4.78, 5) is 40.0. The van der Waals surface area contributed by atoms with Gasteiger partial charge >= 0.3 is 12.1 Å². The van der Waals surface area contributed by atoms with Crippen molar-refractivity contribution in [2.24, 2.45) is 5.92 Å². The molecule has 1 aliphatic heterocycles. The van der Waals surface area contributed by atoms with E-state index in [4.69, 9.17) is 9.47 Å². The molecule has 7 nitrogen and oxygen atoms in total. The van der Waals surface area contributed by atoms with Crippen LogP contribution in [0.4, 0.5) is 4.79 Å². The van der Waals surface area contributed by atoms with Gasteiger partial charge < -0.3 is 9.47 Å². The van der Waals surface area contributed by atoms with Crippen LogP contribution in [-0.4, -0.2) is 46.7 Å². The molecule has 0 saturated heterocycles. The van der Waals surface area contributed by atoms with Crippen molar-refractivity contribution in [1.29, 1.82) is 0 Å². The Balaban J connectivity index is 1.98. The summed E-state index contributed by atoms with van der Waals surface area (Å²) in [7, 11) is 1.26. The maximum absolute atomic E-state index is 13.5. The van der Waals surface area contributed by atoms with Crippen LogP contribution in [0.3, 0.4) is 0 Å². The molecule has 1 amide bonds. The zero-order chi connectivity index (χ0) is 22.1. The van der Waals surface area contributed by atoms with E-state index in [0.29, 0.717) is 25.0 Å². The lowest BCUT2D eigenvalue weighted by Crippen LogP contribution is -2.38. The van der Waals surface area contributed by atoms with E-state index in [9.17, 15) is 14.4 Å². The SMILES string of the molecule is COC(=O)C(C(=O)n1cc(C)c2ccccc21)C1=CN(C(=O)OC(C)(C)C)CCC1. The number of hydrogen-bond donors (Lipinski definition) is 0. The minimum absolute atomic E-state index is 0.400. The number of para-hydroxylation sites is 1. The number of aryl methyl sites for hydroxylation is 1. The van der Waals surface area contributed by atoms with E-state index < -0.39 is 29.5 Å². The number of benzene rings is 1. The van der Waals surface area contributed by atoms with Gasteiger partial charge in [-0.1, -0.05) is 18.2 Å². The first-order valence-corrected chi connectivity index (χ1v) is 10.0. The number of fused-ring (bicyclic) bond motifs is 1. The molecule has 0 spiro atoms. The molecule has 1 atom stereocenters. The fourth-order valence-electron chi connectivity index (χ4n) is 3.67. The highest BCUT2D eigenvalue weighted by Gasteiger charge is 2.36. The maximum atomic E-state index is 13.5. The summed E-state index contributed by atoms with van der Waals surface area (Å²) in [6.07, 6.45) is 3.94. The van der Waals surface area contributed by atoms with Gasteiger partial charge in [-0.2, -0.15) is 0 Å². The van der Waals surface area contributed by atoms with E-state index in [1.165, 1.54) is 16.6 Å². The van der Waals surface area contributed by atoms with Crippen molar-refractivity contribution in [1.82, 2.24) is 9.47 Å². The van der Waals surface area contributed by atoms with Gasteiger partial charge in [0.25, 0.3) is 0 Å². The molecule has 1 aliphatic rings. The van der Waals surface area contributed by atoms with Crippen LogP contribution in [0.1, 0.15) is 44.0 Å². The largest absolute Gasteiger partial charge is 0.468 e. The number of methoxy groups -OCH3 is 1. The highest BCUT2D eigenvalue weighted by Crippen LogP contribution is 2.29. The lowest BCUT2D eigenvalue weighted by atomic mass is 9.92. The van der Waals surface area contributed by atoms with Gasteiger partial charge in [0.2, 0.25) is 5.91 Å². The summed E-state index contributed by atoms with van der Waals surface area (Å²) >= 11 is 0. The van der Waals surface area contributed by atoms with Gasteiger partial charge in [0, 0.05) is 24.3 Å². The predicted octanol–water partition coefficient (Wildman–Crippen LogP) is 4.29. The minimum atomic E-state index is -1.13. The van der Waals surface area contributed by atoms with E-state index in [1.807, 2.05) is 31.2 Å². The fraction of sp³-hybridized carbons (Fsp3) is 0.435. The van der Waals surface area contributed by atoms with Gasteiger partial charge in [0.1, 0.15) is 5.60 Å².